The summed E-state index contributed by atoms with van der Waals surface area (Å²) >= 11 is 5.92. The number of rotatable bonds is 6. The Balaban J connectivity index is 1.71. The molecule has 0 aliphatic carbocycles. The zero-order chi connectivity index (χ0) is 19.1. The number of nitrogens with zero attached hydrogens (tertiary/aromatic N) is 2. The molecule has 0 spiro atoms. The number of aryl methyl sites for hydroxylation is 1. The highest BCUT2D eigenvalue weighted by molar-refractivity contribution is 6.30. The first-order chi connectivity index (χ1) is 13.1. The number of ether oxygens (including phenoxy) is 1. The number of halogens is 1. The lowest BCUT2D eigenvalue weighted by Crippen LogP contribution is -2.26. The van der Waals surface area contributed by atoms with Crippen LogP contribution in [0, 0.1) is 6.92 Å². The maximum absolute atomic E-state index is 12.2. The van der Waals surface area contributed by atoms with Crippen LogP contribution in [0.4, 0.5) is 0 Å². The van der Waals surface area contributed by atoms with Gasteiger partial charge >= 0.3 is 0 Å². The van der Waals surface area contributed by atoms with Crippen LogP contribution in [0.15, 0.2) is 78.0 Å². The van der Waals surface area contributed by atoms with E-state index in [9.17, 15) is 4.79 Å². The van der Waals surface area contributed by atoms with Crippen LogP contribution in [-0.4, -0.2) is 23.2 Å². The van der Waals surface area contributed by atoms with E-state index in [2.05, 4.69) is 15.5 Å². The van der Waals surface area contributed by atoms with Gasteiger partial charge in [0.05, 0.1) is 5.69 Å². The first kappa shape index (κ1) is 18.6. The van der Waals surface area contributed by atoms with Crippen molar-refractivity contribution in [3.05, 3.63) is 94.8 Å². The molecule has 1 aromatic heterocycles. The van der Waals surface area contributed by atoms with E-state index in [1.807, 2.05) is 55.5 Å². The molecule has 0 saturated carbocycles. The van der Waals surface area contributed by atoms with Gasteiger partial charge in [-0.15, -0.1) is 0 Å². The van der Waals surface area contributed by atoms with Crippen LogP contribution in [0.25, 0.3) is 0 Å². The molecule has 3 rings (SSSR count). The molecule has 0 radical (unpaired) electrons. The van der Waals surface area contributed by atoms with E-state index in [1.54, 1.807) is 24.4 Å². The molecule has 0 fully saturated rings. The summed E-state index contributed by atoms with van der Waals surface area (Å²) in [5.74, 6) is 0.236. The number of benzene rings is 2. The average molecular weight is 380 g/mol. The Bertz CT molecular complexity index is 903. The number of pyridine rings is 1. The first-order valence-electron chi connectivity index (χ1n) is 8.36. The van der Waals surface area contributed by atoms with Crippen molar-refractivity contribution in [2.45, 2.75) is 6.92 Å². The zero-order valence-corrected chi connectivity index (χ0v) is 15.5. The van der Waals surface area contributed by atoms with Crippen molar-refractivity contribution in [1.82, 2.24) is 10.4 Å². The van der Waals surface area contributed by atoms with E-state index in [-0.39, 0.29) is 12.5 Å². The fraction of sp³-hybridized carbons (Fsp3) is 0.0952. The van der Waals surface area contributed by atoms with Gasteiger partial charge in [0.1, 0.15) is 11.5 Å². The smallest absolute Gasteiger partial charge is 0.277 e. The Kier molecular flexibility index (Phi) is 6.18. The van der Waals surface area contributed by atoms with Gasteiger partial charge in [0.15, 0.2) is 6.61 Å². The number of hydrogen-bond donors (Lipinski definition) is 1. The lowest BCUT2D eigenvalue weighted by Gasteiger charge is -2.09. The van der Waals surface area contributed by atoms with Crippen molar-refractivity contribution in [1.29, 1.82) is 0 Å². The van der Waals surface area contributed by atoms with Crippen LogP contribution in [0.3, 0.4) is 0 Å². The summed E-state index contributed by atoms with van der Waals surface area (Å²) < 4.78 is 5.54. The standard InChI is InChI=1S/C21H18ClN3O2/c1-15-13-17(22)10-11-19(15)27-14-20(26)24-25-21(16-7-3-2-4-8-16)18-9-5-6-12-23-18/h2-13H,14H2,1H3,(H,24,26). The Hall–Kier alpha value is -3.18. The lowest BCUT2D eigenvalue weighted by molar-refractivity contribution is -0.123. The molecular formula is C21H18ClN3O2. The van der Waals surface area contributed by atoms with Gasteiger partial charge in [-0.2, -0.15) is 5.10 Å². The number of carbonyl (C=O) groups is 1. The molecule has 1 amide bonds. The third-order valence-corrected chi connectivity index (χ3v) is 3.98. The van der Waals surface area contributed by atoms with Gasteiger partial charge in [0, 0.05) is 16.8 Å². The van der Waals surface area contributed by atoms with Gasteiger partial charge in [0.2, 0.25) is 0 Å². The summed E-state index contributed by atoms with van der Waals surface area (Å²) in [5.41, 5.74) is 5.49. The maximum Gasteiger partial charge on any atom is 0.277 e. The first-order valence-corrected chi connectivity index (χ1v) is 8.73. The van der Waals surface area contributed by atoms with Crippen LogP contribution in [0.1, 0.15) is 16.8 Å². The molecule has 27 heavy (non-hydrogen) atoms. The van der Waals surface area contributed by atoms with E-state index in [0.29, 0.717) is 22.2 Å². The second-order valence-corrected chi connectivity index (χ2v) is 6.21. The third kappa shape index (κ3) is 5.15. The molecule has 2 aromatic carbocycles. The quantitative estimate of drug-likeness (QED) is 0.520. The largest absolute Gasteiger partial charge is 0.483 e. The fourth-order valence-corrected chi connectivity index (χ4v) is 2.66. The van der Waals surface area contributed by atoms with Gasteiger partial charge in [-0.25, -0.2) is 5.43 Å². The normalized spacial score (nSPS) is 11.1. The molecular weight excluding hydrogens is 362 g/mol. The number of nitrogens with one attached hydrogen (secondary N) is 1. The molecule has 5 nitrogen and oxygen atoms in total. The maximum atomic E-state index is 12.2. The fourth-order valence-electron chi connectivity index (χ4n) is 2.44. The van der Waals surface area contributed by atoms with Crippen molar-refractivity contribution >= 4 is 23.2 Å². The molecule has 6 heteroatoms. The predicted octanol–water partition coefficient (Wildman–Crippen LogP) is 3.99. The van der Waals surface area contributed by atoms with E-state index in [4.69, 9.17) is 16.3 Å². The van der Waals surface area contributed by atoms with E-state index in [0.717, 1.165) is 11.1 Å². The summed E-state index contributed by atoms with van der Waals surface area (Å²) in [6, 6.07) is 20.3. The van der Waals surface area contributed by atoms with E-state index >= 15 is 0 Å². The molecule has 0 saturated heterocycles. The van der Waals surface area contributed by atoms with Gasteiger partial charge in [0.25, 0.3) is 5.91 Å². The van der Waals surface area contributed by atoms with Gasteiger partial charge in [-0.3, -0.25) is 9.78 Å². The Morgan fingerprint density at radius 1 is 1.11 bits per heavy atom. The molecule has 0 bridgehead atoms. The highest BCUT2D eigenvalue weighted by atomic mass is 35.5. The van der Waals surface area contributed by atoms with Crippen LogP contribution in [0.2, 0.25) is 5.02 Å². The van der Waals surface area contributed by atoms with Crippen LogP contribution in [-0.2, 0) is 4.79 Å². The topological polar surface area (TPSA) is 63.6 Å². The monoisotopic (exact) mass is 379 g/mol. The SMILES string of the molecule is Cc1cc(Cl)ccc1OCC(=O)NN=C(c1ccccc1)c1ccccn1. The molecule has 1 heterocycles. The highest BCUT2D eigenvalue weighted by Gasteiger charge is 2.10. The van der Waals surface area contributed by atoms with E-state index < -0.39 is 0 Å². The molecule has 1 N–H and O–H groups in total. The highest BCUT2D eigenvalue weighted by Crippen LogP contribution is 2.21. The Morgan fingerprint density at radius 3 is 2.59 bits per heavy atom. The lowest BCUT2D eigenvalue weighted by atomic mass is 10.1. The summed E-state index contributed by atoms with van der Waals surface area (Å²) in [7, 11) is 0. The minimum atomic E-state index is -0.367. The second-order valence-electron chi connectivity index (χ2n) is 5.77. The van der Waals surface area contributed by atoms with Crippen molar-refractivity contribution in [2.24, 2.45) is 5.10 Å². The predicted molar refractivity (Wildman–Crippen MR) is 106 cm³/mol. The summed E-state index contributed by atoms with van der Waals surface area (Å²) in [6.07, 6.45) is 1.68. The minimum absolute atomic E-state index is 0.156. The number of aromatic nitrogens is 1. The van der Waals surface area contributed by atoms with Gasteiger partial charge in [-0.05, 0) is 42.8 Å². The molecule has 0 unspecified atom stereocenters. The minimum Gasteiger partial charge on any atom is -0.483 e. The van der Waals surface area contributed by atoms with Crippen molar-refractivity contribution in [2.75, 3.05) is 6.61 Å². The van der Waals surface area contributed by atoms with Gasteiger partial charge < -0.3 is 4.74 Å². The van der Waals surface area contributed by atoms with Crippen LogP contribution < -0.4 is 10.2 Å². The van der Waals surface area contributed by atoms with E-state index in [1.165, 1.54) is 0 Å². The number of amides is 1. The number of hydrazone groups is 1. The Morgan fingerprint density at radius 2 is 1.89 bits per heavy atom. The van der Waals surface area contributed by atoms with Crippen molar-refractivity contribution in [3.63, 3.8) is 0 Å². The number of hydrogen-bond acceptors (Lipinski definition) is 4. The number of carbonyl (C=O) groups excluding carboxylic acids is 1. The molecule has 0 aliphatic rings. The zero-order valence-electron chi connectivity index (χ0n) is 14.7. The third-order valence-electron chi connectivity index (χ3n) is 3.74. The summed E-state index contributed by atoms with van der Waals surface area (Å²) in [4.78, 5) is 16.5. The molecule has 3 aromatic rings. The Labute approximate surface area is 162 Å². The van der Waals surface area contributed by atoms with Crippen molar-refractivity contribution in [3.8, 4) is 5.75 Å². The summed E-state index contributed by atoms with van der Waals surface area (Å²) in [5, 5.41) is 4.89. The van der Waals surface area contributed by atoms with Gasteiger partial charge in [-0.1, -0.05) is 48.0 Å². The molecule has 0 atom stereocenters. The van der Waals surface area contributed by atoms with Crippen LogP contribution in [0.5, 0.6) is 5.75 Å². The van der Waals surface area contributed by atoms with Crippen LogP contribution >= 0.6 is 11.6 Å². The average Bonchev–Trinajstić information content (AvgIpc) is 2.69. The summed E-state index contributed by atoms with van der Waals surface area (Å²) in [6.45, 7) is 1.71. The second kappa shape index (κ2) is 8.96. The van der Waals surface area contributed by atoms with Crippen molar-refractivity contribution < 1.29 is 9.53 Å². The molecule has 0 aliphatic heterocycles. The molecule has 136 valence electrons.